The van der Waals surface area contributed by atoms with Crippen molar-refractivity contribution in [2.75, 3.05) is 0 Å². The van der Waals surface area contributed by atoms with Crippen LogP contribution < -0.4 is 0 Å². The highest BCUT2D eigenvalue weighted by atomic mass is 32.1. The Morgan fingerprint density at radius 1 is 0.704 bits per heavy atom. The fraction of sp³-hybridized carbons (Fsp3) is 0.333. The molecule has 27 heavy (non-hydrogen) atoms. The molecule has 3 heteroatoms. The van der Waals surface area contributed by atoms with Crippen molar-refractivity contribution in [2.45, 2.75) is 52.4 Å². The summed E-state index contributed by atoms with van der Waals surface area (Å²) >= 11 is 5.38. The molecular weight excluding hydrogens is 384 g/mol. The van der Waals surface area contributed by atoms with Crippen molar-refractivity contribution >= 4 is 34.0 Å². The lowest BCUT2D eigenvalue weighted by molar-refractivity contribution is 0.764. The minimum atomic E-state index is 1.00. The van der Waals surface area contributed by atoms with Gasteiger partial charge in [-0.05, 0) is 61.1 Å². The van der Waals surface area contributed by atoms with E-state index in [2.05, 4.69) is 50.0 Å². The number of hydrogen-bond donors (Lipinski definition) is 0. The summed E-state index contributed by atoms with van der Waals surface area (Å²) in [6.07, 6.45) is 18.4. The van der Waals surface area contributed by atoms with Crippen LogP contribution in [0.2, 0.25) is 0 Å². The third-order valence-corrected chi connectivity index (χ3v) is 8.29. The minimum absolute atomic E-state index is 1.00. The Hall–Kier alpha value is -1.78. The van der Waals surface area contributed by atoms with Crippen molar-refractivity contribution in [3.05, 3.63) is 45.1 Å². The van der Waals surface area contributed by atoms with Crippen LogP contribution in [0.5, 0.6) is 0 Å². The van der Waals surface area contributed by atoms with Gasteiger partial charge in [0.25, 0.3) is 0 Å². The van der Waals surface area contributed by atoms with E-state index in [4.69, 9.17) is 12.8 Å². The Morgan fingerprint density at radius 3 is 1.48 bits per heavy atom. The average Bonchev–Trinajstić information content (AvgIpc) is 3.42. The topological polar surface area (TPSA) is 0 Å². The Kier molecular flexibility index (Phi) is 6.97. The predicted molar refractivity (Wildman–Crippen MR) is 124 cm³/mol. The molecule has 0 radical (unpaired) electrons. The first-order chi connectivity index (χ1) is 13.2. The maximum Gasteiger partial charge on any atom is 0.0772 e. The SMILES string of the molecule is C#Cc1ccc(-c2sc(-c3ccc(C#C)s3)c(CCCC)c2CCCC)s1. The van der Waals surface area contributed by atoms with Gasteiger partial charge >= 0.3 is 0 Å². The van der Waals surface area contributed by atoms with Gasteiger partial charge in [-0.3, -0.25) is 0 Å². The number of thiophene rings is 3. The Bertz CT molecular complexity index is 903. The van der Waals surface area contributed by atoms with Gasteiger partial charge in [0.05, 0.1) is 9.75 Å². The van der Waals surface area contributed by atoms with Crippen LogP contribution in [0.15, 0.2) is 24.3 Å². The van der Waals surface area contributed by atoms with Crippen molar-refractivity contribution in [3.8, 4) is 44.2 Å². The molecule has 0 N–H and O–H groups in total. The summed E-state index contributed by atoms with van der Waals surface area (Å²) in [5.41, 5.74) is 3.07. The molecule has 138 valence electrons. The molecule has 3 rings (SSSR count). The first-order valence-corrected chi connectivity index (χ1v) is 11.9. The zero-order valence-electron chi connectivity index (χ0n) is 15.9. The molecule has 3 aromatic rings. The average molecular weight is 409 g/mol. The number of terminal acetylenes is 2. The van der Waals surface area contributed by atoms with Crippen molar-refractivity contribution in [1.29, 1.82) is 0 Å². The van der Waals surface area contributed by atoms with Crippen LogP contribution in [0.25, 0.3) is 19.5 Å². The molecule has 0 aromatic carbocycles. The van der Waals surface area contributed by atoms with E-state index in [1.54, 1.807) is 22.7 Å². The molecule has 3 heterocycles. The highest BCUT2D eigenvalue weighted by Crippen LogP contribution is 2.47. The smallest absolute Gasteiger partial charge is 0.0772 e. The molecule has 0 atom stereocenters. The monoisotopic (exact) mass is 408 g/mol. The van der Waals surface area contributed by atoms with Gasteiger partial charge in [0.1, 0.15) is 0 Å². The summed E-state index contributed by atoms with van der Waals surface area (Å²) in [6.45, 7) is 4.53. The largest absolute Gasteiger partial charge is 0.133 e. The van der Waals surface area contributed by atoms with Crippen LogP contribution in [0.1, 0.15) is 60.4 Å². The molecule has 0 aliphatic rings. The molecule has 0 saturated heterocycles. The van der Waals surface area contributed by atoms with Crippen molar-refractivity contribution in [1.82, 2.24) is 0 Å². The maximum absolute atomic E-state index is 5.62. The highest BCUT2D eigenvalue weighted by Gasteiger charge is 2.21. The van der Waals surface area contributed by atoms with Gasteiger partial charge in [-0.1, -0.05) is 38.5 Å². The van der Waals surface area contributed by atoms with Gasteiger partial charge in [-0.15, -0.1) is 46.9 Å². The van der Waals surface area contributed by atoms with E-state index in [1.807, 2.05) is 11.3 Å². The highest BCUT2D eigenvalue weighted by molar-refractivity contribution is 7.27. The third kappa shape index (κ3) is 4.39. The molecule has 3 aromatic heterocycles. The normalized spacial score (nSPS) is 10.7. The minimum Gasteiger partial charge on any atom is -0.133 e. The quantitative estimate of drug-likeness (QED) is 0.333. The molecule has 0 aliphatic heterocycles. The first-order valence-electron chi connectivity index (χ1n) is 9.49. The van der Waals surface area contributed by atoms with E-state index >= 15 is 0 Å². The molecule has 0 bridgehead atoms. The number of rotatable bonds is 8. The molecule has 0 amide bonds. The summed E-state index contributed by atoms with van der Waals surface area (Å²) in [5.74, 6) is 5.56. The molecule has 0 fully saturated rings. The lowest BCUT2D eigenvalue weighted by Crippen LogP contribution is -1.94. The van der Waals surface area contributed by atoms with Crippen LogP contribution in [-0.4, -0.2) is 0 Å². The summed E-state index contributed by atoms with van der Waals surface area (Å²) in [7, 11) is 0. The molecule has 0 unspecified atom stereocenters. The maximum atomic E-state index is 5.62. The summed E-state index contributed by atoms with van der Waals surface area (Å²) < 4.78 is 0. The first kappa shape index (κ1) is 20.0. The van der Waals surface area contributed by atoms with Crippen LogP contribution >= 0.6 is 34.0 Å². The fourth-order valence-electron chi connectivity index (χ4n) is 3.21. The Labute approximate surface area is 175 Å². The van der Waals surface area contributed by atoms with Gasteiger partial charge in [0.2, 0.25) is 0 Å². The zero-order valence-corrected chi connectivity index (χ0v) is 18.4. The molecular formula is C24H24S3. The molecule has 0 aliphatic carbocycles. The van der Waals surface area contributed by atoms with Gasteiger partial charge in [-0.25, -0.2) is 0 Å². The van der Waals surface area contributed by atoms with Gasteiger partial charge < -0.3 is 0 Å². The lowest BCUT2D eigenvalue weighted by Gasteiger charge is -2.08. The van der Waals surface area contributed by atoms with Gasteiger partial charge in [-0.2, -0.15) is 0 Å². The van der Waals surface area contributed by atoms with E-state index in [0.717, 1.165) is 22.6 Å². The van der Waals surface area contributed by atoms with Gasteiger partial charge in [0, 0.05) is 19.5 Å². The van der Waals surface area contributed by atoms with E-state index in [0.29, 0.717) is 0 Å². The van der Waals surface area contributed by atoms with Crippen LogP contribution in [-0.2, 0) is 12.8 Å². The van der Waals surface area contributed by atoms with E-state index in [9.17, 15) is 0 Å². The number of hydrogen-bond acceptors (Lipinski definition) is 3. The van der Waals surface area contributed by atoms with Crippen molar-refractivity contribution in [3.63, 3.8) is 0 Å². The van der Waals surface area contributed by atoms with Crippen molar-refractivity contribution in [2.24, 2.45) is 0 Å². The lowest BCUT2D eigenvalue weighted by atomic mass is 9.97. The molecule has 0 spiro atoms. The molecule has 0 saturated carbocycles. The zero-order chi connectivity index (χ0) is 19.2. The van der Waals surface area contributed by atoms with Crippen LogP contribution in [0.3, 0.4) is 0 Å². The van der Waals surface area contributed by atoms with E-state index in [1.165, 1.54) is 56.3 Å². The van der Waals surface area contributed by atoms with E-state index < -0.39 is 0 Å². The second kappa shape index (κ2) is 9.43. The Morgan fingerprint density at radius 2 is 1.15 bits per heavy atom. The standard InChI is InChI=1S/C24H24S3/c1-5-9-11-19-20(12-10-6-2)24(22-16-14-18(8-4)26-22)27-23(19)21-15-13-17(7-3)25-21/h3-4,13-16H,5-6,9-12H2,1-2H3. The van der Waals surface area contributed by atoms with E-state index in [-0.39, 0.29) is 0 Å². The summed E-state index contributed by atoms with van der Waals surface area (Å²) in [5, 5.41) is 0. The third-order valence-electron chi connectivity index (χ3n) is 4.62. The summed E-state index contributed by atoms with van der Waals surface area (Å²) in [6, 6.07) is 8.51. The Balaban J connectivity index is 2.16. The second-order valence-corrected chi connectivity index (χ2v) is 9.73. The number of unbranched alkanes of at least 4 members (excludes halogenated alkanes) is 2. The summed E-state index contributed by atoms with van der Waals surface area (Å²) in [4.78, 5) is 7.43. The fourth-order valence-corrected chi connectivity index (χ4v) is 6.51. The van der Waals surface area contributed by atoms with Crippen molar-refractivity contribution < 1.29 is 0 Å². The second-order valence-electron chi connectivity index (χ2n) is 6.54. The van der Waals surface area contributed by atoms with Crippen LogP contribution in [0.4, 0.5) is 0 Å². The predicted octanol–water partition coefficient (Wildman–Crippen LogP) is 7.85. The molecule has 0 nitrogen and oxygen atoms in total. The van der Waals surface area contributed by atoms with Crippen LogP contribution in [0, 0.1) is 24.7 Å². The van der Waals surface area contributed by atoms with Gasteiger partial charge in [0.15, 0.2) is 0 Å².